The highest BCUT2D eigenvalue weighted by Crippen LogP contribution is 2.35. The van der Waals surface area contributed by atoms with Crippen LogP contribution in [0.25, 0.3) is 0 Å². The van der Waals surface area contributed by atoms with Crippen LogP contribution in [0.3, 0.4) is 0 Å². The number of benzene rings is 1. The third-order valence-electron chi connectivity index (χ3n) is 2.83. The number of hydrogen-bond acceptors (Lipinski definition) is 2. The number of urea groups is 1. The number of nitrogens with one attached hydrogen (secondary N) is 1. The summed E-state index contributed by atoms with van der Waals surface area (Å²) < 4.78 is 26.8. The van der Waals surface area contributed by atoms with E-state index in [2.05, 4.69) is 5.32 Å². The number of rotatable bonds is 2. The molecule has 1 aromatic carbocycles. The molecule has 1 atom stereocenters. The van der Waals surface area contributed by atoms with Crippen LogP contribution in [-0.4, -0.2) is 28.6 Å². The zero-order valence-corrected chi connectivity index (χ0v) is 9.41. The number of carbonyl (C=O) groups excluding carboxylic acids is 1. The third kappa shape index (κ3) is 1.87. The first kappa shape index (κ1) is 12.3. The van der Waals surface area contributed by atoms with Crippen LogP contribution < -0.4 is 5.32 Å². The maximum atomic E-state index is 13.7. The Morgan fingerprint density at radius 2 is 2.17 bits per heavy atom. The Morgan fingerprint density at radius 1 is 1.50 bits per heavy atom. The van der Waals surface area contributed by atoms with Crippen molar-refractivity contribution in [2.45, 2.75) is 13.0 Å². The molecule has 0 saturated carbocycles. The summed E-state index contributed by atoms with van der Waals surface area (Å²) in [6, 6.07) is 0.665. The largest absolute Gasteiger partial charge is 0.480 e. The molecule has 0 aromatic heterocycles. The molecule has 0 bridgehead atoms. The number of carbonyl (C=O) groups is 2. The van der Waals surface area contributed by atoms with E-state index in [0.29, 0.717) is 0 Å². The number of fused-ring (bicyclic) bond motifs is 1. The van der Waals surface area contributed by atoms with Crippen molar-refractivity contribution < 1.29 is 23.5 Å². The molecule has 5 nitrogen and oxygen atoms in total. The van der Waals surface area contributed by atoms with Crippen LogP contribution in [0.2, 0.25) is 0 Å². The standard InChI is InChI=1S/C11H10F2N2O3/c1-5-9-7(3-2-6(12)10(9)13)14-11(18)15(5)4-8(16)17/h2-3,5H,4H2,1H3,(H,14,18)(H,16,17). The predicted molar refractivity (Wildman–Crippen MR) is 58.1 cm³/mol. The molecule has 0 saturated heterocycles. The summed E-state index contributed by atoms with van der Waals surface area (Å²) in [6.07, 6.45) is 0. The molecule has 0 aliphatic carbocycles. The lowest BCUT2D eigenvalue weighted by Crippen LogP contribution is -2.44. The minimum Gasteiger partial charge on any atom is -0.480 e. The van der Waals surface area contributed by atoms with Crippen LogP contribution >= 0.6 is 0 Å². The Kier molecular flexibility index (Phi) is 2.90. The van der Waals surface area contributed by atoms with E-state index in [1.807, 2.05) is 0 Å². The average molecular weight is 256 g/mol. The monoisotopic (exact) mass is 256 g/mol. The first-order chi connectivity index (χ1) is 8.41. The molecule has 2 N–H and O–H groups in total. The number of nitrogens with zero attached hydrogens (tertiary/aromatic N) is 1. The van der Waals surface area contributed by atoms with E-state index in [9.17, 15) is 18.4 Å². The van der Waals surface area contributed by atoms with Gasteiger partial charge in [0.2, 0.25) is 0 Å². The molecule has 1 aliphatic rings. The molecule has 1 heterocycles. The molecule has 7 heteroatoms. The van der Waals surface area contributed by atoms with E-state index in [1.54, 1.807) is 0 Å². The minimum atomic E-state index is -1.22. The van der Waals surface area contributed by atoms with Crippen molar-refractivity contribution in [3.63, 3.8) is 0 Å². The smallest absolute Gasteiger partial charge is 0.323 e. The number of aliphatic carboxylic acids is 1. The first-order valence-corrected chi connectivity index (χ1v) is 5.19. The lowest BCUT2D eigenvalue weighted by molar-refractivity contribution is -0.138. The summed E-state index contributed by atoms with van der Waals surface area (Å²) in [7, 11) is 0. The van der Waals surface area contributed by atoms with Gasteiger partial charge in [-0.25, -0.2) is 13.6 Å². The Balaban J connectivity index is 2.47. The van der Waals surface area contributed by atoms with E-state index >= 15 is 0 Å². The van der Waals surface area contributed by atoms with Crippen LogP contribution in [-0.2, 0) is 4.79 Å². The molecule has 0 spiro atoms. The maximum Gasteiger partial charge on any atom is 0.323 e. The first-order valence-electron chi connectivity index (χ1n) is 5.19. The Labute approximate surface area is 101 Å². The quantitative estimate of drug-likeness (QED) is 0.849. The van der Waals surface area contributed by atoms with Crippen LogP contribution in [0.5, 0.6) is 0 Å². The fourth-order valence-corrected chi connectivity index (χ4v) is 1.96. The molecule has 1 aromatic rings. The summed E-state index contributed by atoms with van der Waals surface area (Å²) in [6.45, 7) is 0.866. The molecule has 0 fully saturated rings. The highest BCUT2D eigenvalue weighted by molar-refractivity contribution is 5.94. The normalized spacial score (nSPS) is 18.3. The van der Waals surface area contributed by atoms with E-state index in [1.165, 1.54) is 13.0 Å². The van der Waals surface area contributed by atoms with Gasteiger partial charge in [0.1, 0.15) is 6.54 Å². The number of carboxylic acid groups (broad SMARTS) is 1. The SMILES string of the molecule is CC1c2c(ccc(F)c2F)NC(=O)N1CC(=O)O. The lowest BCUT2D eigenvalue weighted by atomic mass is 10.0. The molecule has 2 rings (SSSR count). The zero-order chi connectivity index (χ0) is 13.4. The molecule has 1 aliphatic heterocycles. The van der Waals surface area contributed by atoms with Crippen LogP contribution in [0.1, 0.15) is 18.5 Å². The lowest BCUT2D eigenvalue weighted by Gasteiger charge is -2.34. The van der Waals surface area contributed by atoms with Gasteiger partial charge in [0.25, 0.3) is 0 Å². The Morgan fingerprint density at radius 3 is 2.78 bits per heavy atom. The van der Waals surface area contributed by atoms with Crippen molar-refractivity contribution in [2.75, 3.05) is 11.9 Å². The van der Waals surface area contributed by atoms with Crippen molar-refractivity contribution in [1.82, 2.24) is 4.90 Å². The molecular weight excluding hydrogens is 246 g/mol. The van der Waals surface area contributed by atoms with E-state index < -0.39 is 36.2 Å². The zero-order valence-electron chi connectivity index (χ0n) is 9.41. The fraction of sp³-hybridized carbons (Fsp3) is 0.273. The highest BCUT2D eigenvalue weighted by atomic mass is 19.2. The summed E-state index contributed by atoms with van der Waals surface area (Å²) in [4.78, 5) is 23.2. The Hall–Kier alpha value is -2.18. The molecule has 18 heavy (non-hydrogen) atoms. The number of carboxylic acids is 1. The predicted octanol–water partition coefficient (Wildman–Crippen LogP) is 1.96. The summed E-state index contributed by atoms with van der Waals surface area (Å²) in [5.74, 6) is -3.33. The molecule has 1 unspecified atom stereocenters. The second kappa shape index (κ2) is 4.25. The van der Waals surface area contributed by atoms with Gasteiger partial charge < -0.3 is 15.3 Å². The van der Waals surface area contributed by atoms with Gasteiger partial charge in [-0.15, -0.1) is 0 Å². The second-order valence-electron chi connectivity index (χ2n) is 3.95. The van der Waals surface area contributed by atoms with Crippen molar-refractivity contribution in [3.05, 3.63) is 29.3 Å². The van der Waals surface area contributed by atoms with Gasteiger partial charge in [0, 0.05) is 5.56 Å². The van der Waals surface area contributed by atoms with Crippen molar-refractivity contribution >= 4 is 17.7 Å². The van der Waals surface area contributed by atoms with Gasteiger partial charge in [0.15, 0.2) is 11.6 Å². The van der Waals surface area contributed by atoms with Gasteiger partial charge in [-0.3, -0.25) is 4.79 Å². The van der Waals surface area contributed by atoms with Gasteiger partial charge in [0.05, 0.1) is 11.7 Å². The van der Waals surface area contributed by atoms with E-state index in [0.717, 1.165) is 11.0 Å². The average Bonchev–Trinajstić information content (AvgIpc) is 2.29. The molecule has 2 amide bonds. The van der Waals surface area contributed by atoms with Gasteiger partial charge in [-0.1, -0.05) is 0 Å². The number of halogens is 2. The molecular formula is C11H10F2N2O3. The number of hydrogen-bond donors (Lipinski definition) is 2. The summed E-state index contributed by atoms with van der Waals surface area (Å²) in [5.41, 5.74) is 0.115. The van der Waals surface area contributed by atoms with E-state index in [4.69, 9.17) is 5.11 Å². The minimum absolute atomic E-state index is 0.0455. The Bertz CT molecular complexity index is 533. The number of amides is 2. The van der Waals surface area contributed by atoms with Gasteiger partial charge in [-0.05, 0) is 19.1 Å². The fourth-order valence-electron chi connectivity index (χ4n) is 1.96. The van der Waals surface area contributed by atoms with Gasteiger partial charge in [-0.2, -0.15) is 0 Å². The highest BCUT2D eigenvalue weighted by Gasteiger charge is 2.33. The summed E-state index contributed by atoms with van der Waals surface area (Å²) in [5, 5.41) is 11.0. The van der Waals surface area contributed by atoms with Crippen molar-refractivity contribution in [1.29, 1.82) is 0 Å². The van der Waals surface area contributed by atoms with Crippen LogP contribution in [0.4, 0.5) is 19.3 Å². The van der Waals surface area contributed by atoms with Crippen LogP contribution in [0.15, 0.2) is 12.1 Å². The third-order valence-corrected chi connectivity index (χ3v) is 2.83. The molecule has 0 radical (unpaired) electrons. The molecule has 96 valence electrons. The van der Waals surface area contributed by atoms with Crippen molar-refractivity contribution in [2.24, 2.45) is 0 Å². The summed E-state index contributed by atoms with van der Waals surface area (Å²) >= 11 is 0. The van der Waals surface area contributed by atoms with E-state index in [-0.39, 0.29) is 11.3 Å². The topological polar surface area (TPSA) is 69.6 Å². The number of anilines is 1. The maximum absolute atomic E-state index is 13.7. The van der Waals surface area contributed by atoms with Gasteiger partial charge >= 0.3 is 12.0 Å². The van der Waals surface area contributed by atoms with Crippen molar-refractivity contribution in [3.8, 4) is 0 Å². The van der Waals surface area contributed by atoms with Crippen LogP contribution in [0, 0.1) is 11.6 Å². The second-order valence-corrected chi connectivity index (χ2v) is 3.95.